The number of ether oxygens (including phenoxy) is 4. The summed E-state index contributed by atoms with van der Waals surface area (Å²) < 4.78 is 21.4. The zero-order valence-electron chi connectivity index (χ0n) is 17.4. The summed E-state index contributed by atoms with van der Waals surface area (Å²) in [5, 5.41) is 2.83. The Labute approximate surface area is 171 Å². The fourth-order valence-corrected chi connectivity index (χ4v) is 2.21. The number of carbonyl (C=O) groups excluding carboxylic acids is 1. The van der Waals surface area contributed by atoms with Crippen LogP contribution in [0.25, 0.3) is 0 Å². The van der Waals surface area contributed by atoms with Gasteiger partial charge in [-0.3, -0.25) is 4.79 Å². The van der Waals surface area contributed by atoms with Crippen LogP contribution >= 0.6 is 0 Å². The van der Waals surface area contributed by atoms with E-state index >= 15 is 0 Å². The minimum atomic E-state index is -0.222. The van der Waals surface area contributed by atoms with E-state index in [0.717, 1.165) is 5.56 Å². The molecule has 0 saturated carbocycles. The van der Waals surface area contributed by atoms with Gasteiger partial charge >= 0.3 is 0 Å². The second kappa shape index (κ2) is 11.3. The first-order chi connectivity index (χ1) is 13.9. The van der Waals surface area contributed by atoms with Gasteiger partial charge in [0.05, 0.1) is 24.4 Å². The van der Waals surface area contributed by atoms with Crippen LogP contribution in [0, 0.1) is 0 Å². The highest BCUT2D eigenvalue weighted by molar-refractivity contribution is 5.93. The maximum atomic E-state index is 12.3. The van der Waals surface area contributed by atoms with Crippen molar-refractivity contribution < 1.29 is 23.7 Å². The summed E-state index contributed by atoms with van der Waals surface area (Å²) in [7, 11) is 1.61. The summed E-state index contributed by atoms with van der Waals surface area (Å²) in [6.07, 6.45) is 3.15. The van der Waals surface area contributed by atoms with Gasteiger partial charge in [0.1, 0.15) is 13.2 Å². The van der Waals surface area contributed by atoms with Crippen molar-refractivity contribution in [3.63, 3.8) is 0 Å². The molecular weight excluding hydrogens is 374 g/mol. The second-order valence-corrected chi connectivity index (χ2v) is 7.22. The Kier molecular flexibility index (Phi) is 8.82. The Bertz CT molecular complexity index is 742. The van der Waals surface area contributed by atoms with E-state index in [0.29, 0.717) is 50.3 Å². The van der Waals surface area contributed by atoms with Crippen LogP contribution in [0.2, 0.25) is 0 Å². The van der Waals surface area contributed by atoms with Crippen LogP contribution in [0.15, 0.2) is 36.7 Å². The minimum Gasteiger partial charge on any atom is -0.475 e. The van der Waals surface area contributed by atoms with Crippen LogP contribution < -0.4 is 14.8 Å². The molecular formula is C21H29N3O5. The van der Waals surface area contributed by atoms with Gasteiger partial charge < -0.3 is 24.3 Å². The molecule has 0 aliphatic rings. The summed E-state index contributed by atoms with van der Waals surface area (Å²) in [4.78, 5) is 20.6. The summed E-state index contributed by atoms with van der Waals surface area (Å²) in [6.45, 7) is 8.12. The van der Waals surface area contributed by atoms with E-state index in [1.54, 1.807) is 31.5 Å². The Balaban J connectivity index is 1.74. The predicted octanol–water partition coefficient (Wildman–Crippen LogP) is 2.63. The molecule has 2 heterocycles. The predicted molar refractivity (Wildman–Crippen MR) is 108 cm³/mol. The fourth-order valence-electron chi connectivity index (χ4n) is 2.21. The SMILES string of the molecule is COCCOc1ccc(CNC(=O)c2ccc(OCCOC(C)(C)C)nc2)cn1. The maximum Gasteiger partial charge on any atom is 0.253 e. The molecule has 29 heavy (non-hydrogen) atoms. The number of hydrogen-bond acceptors (Lipinski definition) is 7. The number of pyridine rings is 2. The number of hydrogen-bond donors (Lipinski definition) is 1. The van der Waals surface area contributed by atoms with Gasteiger partial charge in [0.25, 0.3) is 5.91 Å². The Morgan fingerprint density at radius 2 is 1.59 bits per heavy atom. The molecule has 2 aromatic heterocycles. The van der Waals surface area contributed by atoms with E-state index in [-0.39, 0.29) is 11.5 Å². The van der Waals surface area contributed by atoms with E-state index < -0.39 is 0 Å². The molecule has 0 atom stereocenters. The van der Waals surface area contributed by atoms with Crippen LogP contribution in [0.5, 0.6) is 11.8 Å². The molecule has 0 fully saturated rings. The Hall–Kier alpha value is -2.71. The monoisotopic (exact) mass is 403 g/mol. The van der Waals surface area contributed by atoms with Gasteiger partial charge in [-0.25, -0.2) is 9.97 Å². The smallest absolute Gasteiger partial charge is 0.253 e. The van der Waals surface area contributed by atoms with E-state index in [1.807, 2.05) is 26.8 Å². The van der Waals surface area contributed by atoms with Gasteiger partial charge in [-0.05, 0) is 32.4 Å². The van der Waals surface area contributed by atoms with Crippen molar-refractivity contribution in [1.29, 1.82) is 0 Å². The zero-order chi connectivity index (χ0) is 21.1. The average molecular weight is 403 g/mol. The molecule has 0 aliphatic heterocycles. The van der Waals surface area contributed by atoms with Gasteiger partial charge in [0, 0.05) is 38.2 Å². The van der Waals surface area contributed by atoms with Gasteiger partial charge in [0.15, 0.2) is 0 Å². The van der Waals surface area contributed by atoms with Crippen LogP contribution in [-0.4, -0.2) is 55.0 Å². The molecule has 158 valence electrons. The fraction of sp³-hybridized carbons (Fsp3) is 0.476. The highest BCUT2D eigenvalue weighted by Crippen LogP contribution is 2.11. The van der Waals surface area contributed by atoms with Crippen LogP contribution in [0.4, 0.5) is 0 Å². The van der Waals surface area contributed by atoms with Crippen molar-refractivity contribution in [2.45, 2.75) is 32.9 Å². The summed E-state index contributed by atoms with van der Waals surface area (Å²) in [6, 6.07) is 6.95. The van der Waals surface area contributed by atoms with Gasteiger partial charge in [-0.15, -0.1) is 0 Å². The van der Waals surface area contributed by atoms with Crippen molar-refractivity contribution in [2.75, 3.05) is 33.5 Å². The number of nitrogens with zero attached hydrogens (tertiary/aromatic N) is 2. The lowest BCUT2D eigenvalue weighted by atomic mass is 10.2. The van der Waals surface area contributed by atoms with Crippen molar-refractivity contribution in [3.8, 4) is 11.8 Å². The van der Waals surface area contributed by atoms with Gasteiger partial charge in [-0.1, -0.05) is 6.07 Å². The molecule has 8 nitrogen and oxygen atoms in total. The molecule has 0 bridgehead atoms. The summed E-state index contributed by atoms with van der Waals surface area (Å²) >= 11 is 0. The largest absolute Gasteiger partial charge is 0.475 e. The molecule has 0 saturated heterocycles. The molecule has 1 amide bonds. The van der Waals surface area contributed by atoms with Crippen molar-refractivity contribution in [1.82, 2.24) is 15.3 Å². The average Bonchev–Trinajstić information content (AvgIpc) is 2.70. The first kappa shape index (κ1) is 22.6. The molecule has 0 radical (unpaired) electrons. The molecule has 0 spiro atoms. The Morgan fingerprint density at radius 1 is 0.931 bits per heavy atom. The zero-order valence-corrected chi connectivity index (χ0v) is 17.4. The third-order valence-electron chi connectivity index (χ3n) is 3.65. The standard InChI is InChI=1S/C21H29N3O5/c1-21(2,3)29-12-11-28-19-8-6-17(15-23-19)20(25)24-14-16-5-7-18(22-13-16)27-10-9-26-4/h5-8,13,15H,9-12,14H2,1-4H3,(H,24,25). The molecule has 2 aromatic rings. The molecule has 2 rings (SSSR count). The first-order valence-corrected chi connectivity index (χ1v) is 9.45. The van der Waals surface area contributed by atoms with Crippen LogP contribution in [-0.2, 0) is 16.0 Å². The van der Waals surface area contributed by atoms with Gasteiger partial charge in [0.2, 0.25) is 11.8 Å². The highest BCUT2D eigenvalue weighted by atomic mass is 16.5. The normalized spacial score (nSPS) is 11.2. The number of carbonyl (C=O) groups is 1. The molecule has 0 aliphatic carbocycles. The van der Waals surface area contributed by atoms with Crippen LogP contribution in [0.3, 0.4) is 0 Å². The van der Waals surface area contributed by atoms with Crippen molar-refractivity contribution >= 4 is 5.91 Å². The van der Waals surface area contributed by atoms with E-state index in [1.165, 1.54) is 6.20 Å². The Morgan fingerprint density at radius 3 is 2.14 bits per heavy atom. The molecule has 0 unspecified atom stereocenters. The molecule has 1 N–H and O–H groups in total. The number of amides is 1. The summed E-state index contributed by atoms with van der Waals surface area (Å²) in [5.74, 6) is 0.748. The molecule has 0 aromatic carbocycles. The summed E-state index contributed by atoms with van der Waals surface area (Å²) in [5.41, 5.74) is 1.12. The second-order valence-electron chi connectivity index (χ2n) is 7.22. The first-order valence-electron chi connectivity index (χ1n) is 9.45. The lowest BCUT2D eigenvalue weighted by Crippen LogP contribution is -2.23. The van der Waals surface area contributed by atoms with E-state index in [9.17, 15) is 4.79 Å². The van der Waals surface area contributed by atoms with E-state index in [2.05, 4.69) is 15.3 Å². The lowest BCUT2D eigenvalue weighted by Gasteiger charge is -2.19. The number of methoxy groups -OCH3 is 1. The van der Waals surface area contributed by atoms with Crippen molar-refractivity contribution in [3.05, 3.63) is 47.8 Å². The topological polar surface area (TPSA) is 91.8 Å². The minimum absolute atomic E-state index is 0.203. The number of rotatable bonds is 11. The lowest BCUT2D eigenvalue weighted by molar-refractivity contribution is -0.0168. The molecule has 8 heteroatoms. The third-order valence-corrected chi connectivity index (χ3v) is 3.65. The highest BCUT2D eigenvalue weighted by Gasteiger charge is 2.10. The van der Waals surface area contributed by atoms with Crippen LogP contribution in [0.1, 0.15) is 36.7 Å². The third kappa shape index (κ3) is 8.89. The number of aromatic nitrogens is 2. The van der Waals surface area contributed by atoms with Crippen molar-refractivity contribution in [2.24, 2.45) is 0 Å². The maximum absolute atomic E-state index is 12.3. The van der Waals surface area contributed by atoms with Gasteiger partial charge in [-0.2, -0.15) is 0 Å². The quantitative estimate of drug-likeness (QED) is 0.577. The number of nitrogens with one attached hydrogen (secondary N) is 1. The van der Waals surface area contributed by atoms with E-state index in [4.69, 9.17) is 18.9 Å².